The van der Waals surface area contributed by atoms with Gasteiger partial charge in [-0.05, 0) is 37.6 Å². The summed E-state index contributed by atoms with van der Waals surface area (Å²) in [5, 5.41) is 0.815. The fourth-order valence-corrected chi connectivity index (χ4v) is 1.90. The molecular weight excluding hydrogens is 256 g/mol. The molecule has 0 saturated carbocycles. The van der Waals surface area contributed by atoms with Crippen LogP contribution in [0.15, 0.2) is 24.3 Å². The topological polar surface area (TPSA) is 26.3 Å². The van der Waals surface area contributed by atoms with Gasteiger partial charge in [0.1, 0.15) is 12.2 Å². The van der Waals surface area contributed by atoms with Gasteiger partial charge < -0.3 is 4.74 Å². The van der Waals surface area contributed by atoms with Crippen molar-refractivity contribution in [2.45, 2.75) is 18.9 Å². The smallest absolute Gasteiger partial charge is 0.178 e. The van der Waals surface area contributed by atoms with Gasteiger partial charge in [0.05, 0.1) is 0 Å². The van der Waals surface area contributed by atoms with Gasteiger partial charge in [-0.3, -0.25) is 4.79 Å². The molecular formula is C12H13BrO2. The molecule has 0 saturated heterocycles. The first-order chi connectivity index (χ1) is 7.22. The largest absolute Gasteiger partial charge is 0.354 e. The van der Waals surface area contributed by atoms with E-state index in [2.05, 4.69) is 27.8 Å². The van der Waals surface area contributed by atoms with Gasteiger partial charge in [0, 0.05) is 5.33 Å². The molecule has 0 heterocycles. The molecule has 2 nitrogen and oxygen atoms in total. The molecule has 15 heavy (non-hydrogen) atoms. The highest BCUT2D eigenvalue weighted by atomic mass is 79.9. The molecule has 0 atom stereocenters. The number of alkyl halides is 1. The van der Waals surface area contributed by atoms with Crippen molar-refractivity contribution >= 4 is 21.7 Å². The molecule has 0 aromatic carbocycles. The van der Waals surface area contributed by atoms with Crippen LogP contribution in [0.2, 0.25) is 0 Å². The van der Waals surface area contributed by atoms with E-state index >= 15 is 0 Å². The lowest BCUT2D eigenvalue weighted by Crippen LogP contribution is -2.30. The highest BCUT2D eigenvalue weighted by molar-refractivity contribution is 9.09. The number of carbonyl (C=O) groups excluding carboxylic acids is 1. The second kappa shape index (κ2) is 5.89. The van der Waals surface area contributed by atoms with Crippen LogP contribution in [0.5, 0.6) is 0 Å². The molecule has 0 amide bonds. The maximum Gasteiger partial charge on any atom is 0.178 e. The molecule has 0 fully saturated rings. The number of allylic oxidation sites excluding steroid dienone is 2. The summed E-state index contributed by atoms with van der Waals surface area (Å²) in [7, 11) is 0. The number of hydrogen-bond donors (Lipinski definition) is 0. The highest BCUT2D eigenvalue weighted by Gasteiger charge is 2.26. The Hall–Kier alpha value is -0.850. The van der Waals surface area contributed by atoms with Gasteiger partial charge >= 0.3 is 0 Å². The Bertz CT molecular complexity index is 328. The predicted octanol–water partition coefficient (Wildman–Crippen LogP) is 2.25. The van der Waals surface area contributed by atoms with Crippen molar-refractivity contribution in [2.75, 3.05) is 11.9 Å². The molecule has 1 aliphatic rings. The second-order valence-electron chi connectivity index (χ2n) is 3.18. The standard InChI is InChI=1S/C12H13BrO2/c1-2-3-10-15-12(8-9-13)6-4-11(14)5-7-12/h4-7H,8-10H2,1H3. The van der Waals surface area contributed by atoms with Crippen molar-refractivity contribution in [2.24, 2.45) is 0 Å². The Morgan fingerprint density at radius 3 is 2.67 bits per heavy atom. The van der Waals surface area contributed by atoms with Crippen molar-refractivity contribution in [3.63, 3.8) is 0 Å². The average molecular weight is 269 g/mol. The summed E-state index contributed by atoms with van der Waals surface area (Å²) in [5.74, 6) is 5.63. The van der Waals surface area contributed by atoms with Crippen LogP contribution in [-0.2, 0) is 9.53 Å². The first-order valence-electron chi connectivity index (χ1n) is 4.74. The number of rotatable bonds is 4. The van der Waals surface area contributed by atoms with Gasteiger partial charge in [-0.1, -0.05) is 21.9 Å². The molecule has 80 valence electrons. The van der Waals surface area contributed by atoms with Crippen molar-refractivity contribution in [1.82, 2.24) is 0 Å². The van der Waals surface area contributed by atoms with Gasteiger partial charge in [0.15, 0.2) is 5.78 Å². The van der Waals surface area contributed by atoms with Crippen LogP contribution >= 0.6 is 15.9 Å². The Labute approximate surface area is 98.5 Å². The molecule has 1 aliphatic carbocycles. The fourth-order valence-electron chi connectivity index (χ4n) is 1.28. The molecule has 0 unspecified atom stereocenters. The molecule has 0 radical (unpaired) electrons. The van der Waals surface area contributed by atoms with Crippen LogP contribution in [0.1, 0.15) is 13.3 Å². The molecule has 0 aromatic heterocycles. The Morgan fingerprint density at radius 1 is 1.47 bits per heavy atom. The monoisotopic (exact) mass is 268 g/mol. The van der Waals surface area contributed by atoms with Gasteiger partial charge in [-0.15, -0.1) is 5.92 Å². The average Bonchev–Trinajstić information content (AvgIpc) is 2.23. The van der Waals surface area contributed by atoms with E-state index in [-0.39, 0.29) is 5.78 Å². The summed E-state index contributed by atoms with van der Waals surface area (Å²) in [6.45, 7) is 2.16. The summed E-state index contributed by atoms with van der Waals surface area (Å²) in [5.41, 5.74) is -0.471. The van der Waals surface area contributed by atoms with Crippen molar-refractivity contribution in [3.8, 4) is 11.8 Å². The summed E-state index contributed by atoms with van der Waals surface area (Å²) in [6, 6.07) is 0. The SMILES string of the molecule is CC#CCOC1(CCBr)C=CC(=O)C=C1. The van der Waals surface area contributed by atoms with Crippen LogP contribution in [0.4, 0.5) is 0 Å². The first-order valence-corrected chi connectivity index (χ1v) is 5.86. The van der Waals surface area contributed by atoms with E-state index in [9.17, 15) is 4.79 Å². The Morgan fingerprint density at radius 2 is 2.13 bits per heavy atom. The van der Waals surface area contributed by atoms with E-state index in [0.717, 1.165) is 11.8 Å². The van der Waals surface area contributed by atoms with Crippen molar-refractivity contribution in [1.29, 1.82) is 0 Å². The molecule has 0 bridgehead atoms. The van der Waals surface area contributed by atoms with E-state index < -0.39 is 5.60 Å². The lowest BCUT2D eigenvalue weighted by molar-refractivity contribution is -0.110. The van der Waals surface area contributed by atoms with Crippen LogP contribution < -0.4 is 0 Å². The second-order valence-corrected chi connectivity index (χ2v) is 3.97. The number of carbonyl (C=O) groups is 1. The molecule has 0 N–H and O–H groups in total. The molecule has 3 heteroatoms. The third-order valence-electron chi connectivity index (χ3n) is 2.13. The lowest BCUT2D eigenvalue weighted by Gasteiger charge is -2.27. The minimum absolute atomic E-state index is 0.00498. The van der Waals surface area contributed by atoms with E-state index in [0.29, 0.717) is 6.61 Å². The summed E-state index contributed by atoms with van der Waals surface area (Å²) in [4.78, 5) is 11.0. The summed E-state index contributed by atoms with van der Waals surface area (Å²) >= 11 is 3.38. The minimum Gasteiger partial charge on any atom is -0.354 e. The van der Waals surface area contributed by atoms with E-state index in [4.69, 9.17) is 4.74 Å². The van der Waals surface area contributed by atoms with Crippen LogP contribution in [0.25, 0.3) is 0 Å². The zero-order valence-corrected chi connectivity index (χ0v) is 10.2. The van der Waals surface area contributed by atoms with Crippen LogP contribution in [-0.4, -0.2) is 23.3 Å². The third-order valence-corrected chi connectivity index (χ3v) is 2.53. The molecule has 1 rings (SSSR count). The van der Waals surface area contributed by atoms with Crippen molar-refractivity contribution in [3.05, 3.63) is 24.3 Å². The minimum atomic E-state index is -0.471. The van der Waals surface area contributed by atoms with Crippen LogP contribution in [0.3, 0.4) is 0 Å². The number of ether oxygens (including phenoxy) is 1. The van der Waals surface area contributed by atoms with Gasteiger partial charge in [-0.25, -0.2) is 0 Å². The first kappa shape index (κ1) is 12.2. The maximum atomic E-state index is 11.0. The fraction of sp³-hybridized carbons (Fsp3) is 0.417. The number of ketones is 1. The van der Waals surface area contributed by atoms with E-state index in [1.54, 1.807) is 31.2 Å². The summed E-state index contributed by atoms with van der Waals surface area (Å²) < 4.78 is 5.67. The van der Waals surface area contributed by atoms with E-state index in [1.165, 1.54) is 0 Å². The molecule has 0 spiro atoms. The number of halogens is 1. The van der Waals surface area contributed by atoms with Gasteiger partial charge in [0.25, 0.3) is 0 Å². The normalized spacial score (nSPS) is 17.3. The lowest BCUT2D eigenvalue weighted by atomic mass is 9.94. The molecule has 0 aliphatic heterocycles. The van der Waals surface area contributed by atoms with Gasteiger partial charge in [0.2, 0.25) is 0 Å². The summed E-state index contributed by atoms with van der Waals surface area (Å²) in [6.07, 6.45) is 7.48. The zero-order valence-electron chi connectivity index (χ0n) is 8.63. The third kappa shape index (κ3) is 3.65. The van der Waals surface area contributed by atoms with Crippen LogP contribution in [0, 0.1) is 11.8 Å². The van der Waals surface area contributed by atoms with Crippen molar-refractivity contribution < 1.29 is 9.53 Å². The quantitative estimate of drug-likeness (QED) is 0.578. The Balaban J connectivity index is 2.69. The Kier molecular flexibility index (Phi) is 4.80. The predicted molar refractivity (Wildman–Crippen MR) is 63.8 cm³/mol. The van der Waals surface area contributed by atoms with Gasteiger partial charge in [-0.2, -0.15) is 0 Å². The maximum absolute atomic E-state index is 11.0. The van der Waals surface area contributed by atoms with E-state index in [1.807, 2.05) is 0 Å². The highest BCUT2D eigenvalue weighted by Crippen LogP contribution is 2.24. The molecule has 0 aromatic rings. The zero-order chi connectivity index (χ0) is 11.1. The number of hydrogen-bond acceptors (Lipinski definition) is 2.